The SMILES string of the molecule is CC(C)(CNCC1(CO)CC1)c1cc(F)ccc1F. The van der Waals surface area contributed by atoms with Gasteiger partial charge in [-0.25, -0.2) is 8.78 Å². The lowest BCUT2D eigenvalue weighted by atomic mass is 9.84. The van der Waals surface area contributed by atoms with Crippen LogP contribution in [0.4, 0.5) is 8.78 Å². The number of nitrogens with one attached hydrogen (secondary N) is 1. The maximum absolute atomic E-state index is 13.8. The fourth-order valence-electron chi connectivity index (χ4n) is 2.32. The van der Waals surface area contributed by atoms with E-state index >= 15 is 0 Å². The number of aliphatic hydroxyl groups excluding tert-OH is 1. The first kappa shape index (κ1) is 14.4. The van der Waals surface area contributed by atoms with Crippen molar-refractivity contribution in [2.24, 2.45) is 5.41 Å². The average molecular weight is 269 g/mol. The van der Waals surface area contributed by atoms with Crippen molar-refractivity contribution in [2.75, 3.05) is 19.7 Å². The Morgan fingerprint density at radius 2 is 2.00 bits per heavy atom. The zero-order valence-corrected chi connectivity index (χ0v) is 11.5. The highest BCUT2D eigenvalue weighted by Crippen LogP contribution is 2.44. The van der Waals surface area contributed by atoms with Gasteiger partial charge in [0, 0.05) is 30.5 Å². The summed E-state index contributed by atoms with van der Waals surface area (Å²) in [6, 6.07) is 3.56. The van der Waals surface area contributed by atoms with E-state index in [1.807, 2.05) is 13.8 Å². The van der Waals surface area contributed by atoms with Crippen molar-refractivity contribution in [3.63, 3.8) is 0 Å². The Balaban J connectivity index is 1.99. The predicted octanol–water partition coefficient (Wildman–Crippen LogP) is 2.60. The number of hydrogen-bond donors (Lipinski definition) is 2. The lowest BCUT2D eigenvalue weighted by molar-refractivity contribution is 0.205. The quantitative estimate of drug-likeness (QED) is 0.832. The second-order valence-electron chi connectivity index (χ2n) is 6.27. The molecular formula is C15H21F2NO. The smallest absolute Gasteiger partial charge is 0.127 e. The van der Waals surface area contributed by atoms with Gasteiger partial charge in [0.2, 0.25) is 0 Å². The molecule has 0 aliphatic heterocycles. The molecule has 1 aliphatic carbocycles. The van der Waals surface area contributed by atoms with E-state index in [2.05, 4.69) is 5.32 Å². The summed E-state index contributed by atoms with van der Waals surface area (Å²) in [7, 11) is 0. The molecule has 19 heavy (non-hydrogen) atoms. The molecule has 1 fully saturated rings. The van der Waals surface area contributed by atoms with Crippen LogP contribution in [0, 0.1) is 17.0 Å². The van der Waals surface area contributed by atoms with Gasteiger partial charge in [-0.2, -0.15) is 0 Å². The minimum atomic E-state index is -0.488. The van der Waals surface area contributed by atoms with Gasteiger partial charge in [-0.15, -0.1) is 0 Å². The highest BCUT2D eigenvalue weighted by molar-refractivity contribution is 5.26. The summed E-state index contributed by atoms with van der Waals surface area (Å²) in [5.41, 5.74) is -0.0808. The van der Waals surface area contributed by atoms with Crippen LogP contribution >= 0.6 is 0 Å². The van der Waals surface area contributed by atoms with E-state index in [1.54, 1.807) is 0 Å². The second-order valence-corrected chi connectivity index (χ2v) is 6.27. The lowest BCUT2D eigenvalue weighted by Crippen LogP contribution is -2.37. The van der Waals surface area contributed by atoms with Gasteiger partial charge in [-0.3, -0.25) is 0 Å². The molecule has 1 aromatic rings. The molecule has 0 unspecified atom stereocenters. The Morgan fingerprint density at radius 3 is 2.58 bits per heavy atom. The number of rotatable bonds is 6. The Morgan fingerprint density at radius 1 is 1.32 bits per heavy atom. The van der Waals surface area contributed by atoms with Crippen LogP contribution in [0.1, 0.15) is 32.3 Å². The predicted molar refractivity (Wildman–Crippen MR) is 71.0 cm³/mol. The van der Waals surface area contributed by atoms with E-state index < -0.39 is 11.2 Å². The van der Waals surface area contributed by atoms with Gasteiger partial charge in [-0.05, 0) is 36.6 Å². The number of aliphatic hydroxyl groups is 1. The molecule has 1 saturated carbocycles. The molecule has 2 nitrogen and oxygen atoms in total. The molecule has 0 bridgehead atoms. The summed E-state index contributed by atoms with van der Waals surface area (Å²) in [6.45, 7) is 5.24. The first-order valence-corrected chi connectivity index (χ1v) is 6.66. The second kappa shape index (κ2) is 5.17. The average Bonchev–Trinajstić information content (AvgIpc) is 3.12. The highest BCUT2D eigenvalue weighted by Gasteiger charge is 2.41. The fraction of sp³-hybridized carbons (Fsp3) is 0.600. The molecule has 0 aromatic heterocycles. The molecule has 0 radical (unpaired) electrons. The standard InChI is InChI=1S/C15H21F2NO/c1-14(2,8-18-9-15(10-19)5-6-15)12-7-11(16)3-4-13(12)17/h3-4,7,18-19H,5-6,8-10H2,1-2H3. The molecule has 0 heterocycles. The van der Waals surface area contributed by atoms with Crippen LogP contribution < -0.4 is 5.32 Å². The van der Waals surface area contributed by atoms with E-state index in [4.69, 9.17) is 0 Å². The summed E-state index contributed by atoms with van der Waals surface area (Å²) in [6.07, 6.45) is 2.07. The summed E-state index contributed by atoms with van der Waals surface area (Å²) in [5.74, 6) is -0.796. The van der Waals surface area contributed by atoms with E-state index in [0.29, 0.717) is 12.1 Å². The Hall–Kier alpha value is -1.00. The normalized spacial score (nSPS) is 17.5. The Bertz CT molecular complexity index is 455. The summed E-state index contributed by atoms with van der Waals surface area (Å²) in [4.78, 5) is 0. The third-order valence-corrected chi connectivity index (χ3v) is 4.02. The van der Waals surface area contributed by atoms with Gasteiger partial charge in [0.15, 0.2) is 0 Å². The topological polar surface area (TPSA) is 32.3 Å². The minimum absolute atomic E-state index is 0.0244. The molecule has 0 spiro atoms. The third-order valence-electron chi connectivity index (χ3n) is 4.02. The molecular weight excluding hydrogens is 248 g/mol. The first-order valence-electron chi connectivity index (χ1n) is 6.66. The van der Waals surface area contributed by atoms with Crippen molar-refractivity contribution >= 4 is 0 Å². The van der Waals surface area contributed by atoms with E-state index in [-0.39, 0.29) is 17.8 Å². The van der Waals surface area contributed by atoms with Crippen LogP contribution in [-0.2, 0) is 5.41 Å². The number of benzene rings is 1. The molecule has 1 aromatic carbocycles. The largest absolute Gasteiger partial charge is 0.396 e. The van der Waals surface area contributed by atoms with Gasteiger partial charge >= 0.3 is 0 Å². The molecule has 2 N–H and O–H groups in total. The van der Waals surface area contributed by atoms with Gasteiger partial charge < -0.3 is 10.4 Å². The van der Waals surface area contributed by atoms with E-state index in [0.717, 1.165) is 25.5 Å². The lowest BCUT2D eigenvalue weighted by Gasteiger charge is -2.27. The molecule has 0 atom stereocenters. The van der Waals surface area contributed by atoms with Crippen LogP contribution in [0.5, 0.6) is 0 Å². The van der Waals surface area contributed by atoms with Crippen molar-refractivity contribution in [3.05, 3.63) is 35.4 Å². The van der Waals surface area contributed by atoms with Gasteiger partial charge in [0.05, 0.1) is 0 Å². The zero-order chi connectivity index (χ0) is 14.1. The van der Waals surface area contributed by atoms with Gasteiger partial charge in [0.25, 0.3) is 0 Å². The van der Waals surface area contributed by atoms with E-state index in [9.17, 15) is 13.9 Å². The van der Waals surface area contributed by atoms with Crippen LogP contribution in [0.25, 0.3) is 0 Å². The van der Waals surface area contributed by atoms with E-state index in [1.165, 1.54) is 12.1 Å². The zero-order valence-electron chi connectivity index (χ0n) is 11.5. The van der Waals surface area contributed by atoms with Crippen molar-refractivity contribution < 1.29 is 13.9 Å². The van der Waals surface area contributed by atoms with Crippen molar-refractivity contribution in [3.8, 4) is 0 Å². The number of halogens is 2. The Kier molecular flexibility index (Phi) is 3.92. The maximum Gasteiger partial charge on any atom is 0.127 e. The van der Waals surface area contributed by atoms with Gasteiger partial charge in [-0.1, -0.05) is 13.8 Å². The van der Waals surface area contributed by atoms with Crippen LogP contribution in [0.2, 0.25) is 0 Å². The summed E-state index contributed by atoms with van der Waals surface area (Å²) >= 11 is 0. The van der Waals surface area contributed by atoms with Crippen LogP contribution in [0.3, 0.4) is 0 Å². The fourth-order valence-corrected chi connectivity index (χ4v) is 2.32. The molecule has 106 valence electrons. The number of hydrogen-bond acceptors (Lipinski definition) is 2. The van der Waals surface area contributed by atoms with Crippen molar-refractivity contribution in [2.45, 2.75) is 32.1 Å². The molecule has 0 saturated heterocycles. The van der Waals surface area contributed by atoms with Crippen molar-refractivity contribution in [1.29, 1.82) is 0 Å². The summed E-state index contributed by atoms with van der Waals surface area (Å²) < 4.78 is 27.0. The Labute approximate surface area is 112 Å². The van der Waals surface area contributed by atoms with Crippen molar-refractivity contribution in [1.82, 2.24) is 5.32 Å². The van der Waals surface area contributed by atoms with Gasteiger partial charge in [0.1, 0.15) is 11.6 Å². The minimum Gasteiger partial charge on any atom is -0.396 e. The molecule has 4 heteroatoms. The molecule has 1 aliphatic rings. The first-order chi connectivity index (χ1) is 8.88. The highest BCUT2D eigenvalue weighted by atomic mass is 19.1. The summed E-state index contributed by atoms with van der Waals surface area (Å²) in [5, 5.41) is 12.5. The maximum atomic E-state index is 13.8. The molecule has 2 rings (SSSR count). The monoisotopic (exact) mass is 269 g/mol. The van der Waals surface area contributed by atoms with Crippen LogP contribution in [-0.4, -0.2) is 24.8 Å². The molecule has 0 amide bonds. The van der Waals surface area contributed by atoms with Crippen LogP contribution in [0.15, 0.2) is 18.2 Å². The third kappa shape index (κ3) is 3.31.